The van der Waals surface area contributed by atoms with Crippen molar-refractivity contribution in [2.45, 2.75) is 6.42 Å². The highest BCUT2D eigenvalue weighted by molar-refractivity contribution is 14.0. The number of guanidine groups is 1. The number of anilines is 1. The molecule has 98 valence electrons. The Hall–Kier alpha value is -0.560. The summed E-state index contributed by atoms with van der Waals surface area (Å²) in [7, 11) is 1.81. The zero-order valence-electron chi connectivity index (χ0n) is 10.3. The fourth-order valence-electron chi connectivity index (χ4n) is 2.03. The Kier molecular flexibility index (Phi) is 6.14. The second-order valence-electron chi connectivity index (χ2n) is 3.95. The number of fused-ring (bicyclic) bond motifs is 1. The lowest BCUT2D eigenvalue weighted by Crippen LogP contribution is -2.40. The van der Waals surface area contributed by atoms with Gasteiger partial charge in [-0.15, -0.1) is 24.0 Å². The van der Waals surface area contributed by atoms with Crippen molar-refractivity contribution in [1.29, 1.82) is 0 Å². The van der Waals surface area contributed by atoms with Gasteiger partial charge in [-0.25, -0.2) is 0 Å². The molecule has 1 aromatic rings. The maximum Gasteiger partial charge on any atom is 0.198 e. The third-order valence-electron chi connectivity index (χ3n) is 2.79. The van der Waals surface area contributed by atoms with Crippen LogP contribution >= 0.6 is 39.9 Å². The first-order valence-corrected chi connectivity index (χ1v) is 6.41. The van der Waals surface area contributed by atoms with Crippen molar-refractivity contribution in [3.05, 3.63) is 40.9 Å². The van der Waals surface area contributed by atoms with Crippen LogP contribution in [0, 0.1) is 0 Å². The summed E-state index contributed by atoms with van der Waals surface area (Å²) >= 11 is 3.34. The zero-order valence-corrected chi connectivity index (χ0v) is 14.2. The summed E-state index contributed by atoms with van der Waals surface area (Å²) in [5.74, 6) is 0.899. The van der Waals surface area contributed by atoms with Crippen LogP contribution in [0.3, 0.4) is 0 Å². The van der Waals surface area contributed by atoms with E-state index in [0.717, 1.165) is 23.4 Å². The first-order valence-electron chi connectivity index (χ1n) is 5.61. The number of para-hydroxylation sites is 1. The SMILES string of the molecule is C=C(Br)CNC(=NC)N1CCc2ccccc21.I. The van der Waals surface area contributed by atoms with Gasteiger partial charge in [0, 0.05) is 30.3 Å². The summed E-state index contributed by atoms with van der Waals surface area (Å²) in [4.78, 5) is 6.52. The van der Waals surface area contributed by atoms with E-state index < -0.39 is 0 Å². The van der Waals surface area contributed by atoms with Gasteiger partial charge in [-0.1, -0.05) is 40.7 Å². The minimum absolute atomic E-state index is 0. The van der Waals surface area contributed by atoms with Crippen LogP contribution in [0.2, 0.25) is 0 Å². The molecule has 0 bridgehead atoms. The number of nitrogens with zero attached hydrogens (tertiary/aromatic N) is 2. The van der Waals surface area contributed by atoms with E-state index in [1.807, 2.05) is 0 Å². The maximum absolute atomic E-state index is 4.31. The van der Waals surface area contributed by atoms with Crippen molar-refractivity contribution in [1.82, 2.24) is 5.32 Å². The average molecular weight is 422 g/mol. The summed E-state index contributed by atoms with van der Waals surface area (Å²) in [5.41, 5.74) is 2.63. The molecule has 0 aromatic heterocycles. The van der Waals surface area contributed by atoms with E-state index in [0.29, 0.717) is 6.54 Å². The highest BCUT2D eigenvalue weighted by atomic mass is 127. The van der Waals surface area contributed by atoms with Crippen LogP contribution < -0.4 is 10.2 Å². The molecule has 1 aromatic carbocycles. The molecule has 0 spiro atoms. The van der Waals surface area contributed by atoms with Gasteiger partial charge in [-0.2, -0.15) is 0 Å². The topological polar surface area (TPSA) is 27.6 Å². The fraction of sp³-hybridized carbons (Fsp3) is 0.308. The molecule has 1 heterocycles. The molecule has 1 N–H and O–H groups in total. The maximum atomic E-state index is 4.31. The molecule has 0 saturated heterocycles. The van der Waals surface area contributed by atoms with E-state index in [1.165, 1.54) is 11.3 Å². The lowest BCUT2D eigenvalue weighted by molar-refractivity contribution is 0.933. The molecule has 0 fully saturated rings. The van der Waals surface area contributed by atoms with Crippen LogP contribution in [0.4, 0.5) is 5.69 Å². The molecule has 2 rings (SSSR count). The molecule has 0 radical (unpaired) electrons. The quantitative estimate of drug-likeness (QED) is 0.451. The van der Waals surface area contributed by atoms with Crippen LogP contribution in [0.1, 0.15) is 5.56 Å². The summed E-state index contributed by atoms with van der Waals surface area (Å²) in [6.07, 6.45) is 1.08. The molecule has 0 aliphatic carbocycles. The molecule has 0 unspecified atom stereocenters. The molecule has 3 nitrogen and oxygen atoms in total. The smallest absolute Gasteiger partial charge is 0.198 e. The van der Waals surface area contributed by atoms with E-state index in [9.17, 15) is 0 Å². The highest BCUT2D eigenvalue weighted by Gasteiger charge is 2.21. The number of hydrogen-bond acceptors (Lipinski definition) is 1. The molecule has 18 heavy (non-hydrogen) atoms. The van der Waals surface area contributed by atoms with Gasteiger partial charge in [0.2, 0.25) is 0 Å². The number of benzene rings is 1. The predicted molar refractivity (Wildman–Crippen MR) is 92.3 cm³/mol. The monoisotopic (exact) mass is 421 g/mol. The van der Waals surface area contributed by atoms with Crippen LogP contribution in [0.25, 0.3) is 0 Å². The van der Waals surface area contributed by atoms with Gasteiger partial charge < -0.3 is 10.2 Å². The molecule has 5 heteroatoms. The molecular weight excluding hydrogens is 405 g/mol. The highest BCUT2D eigenvalue weighted by Crippen LogP contribution is 2.27. The lowest BCUT2D eigenvalue weighted by atomic mass is 10.2. The summed E-state index contributed by atoms with van der Waals surface area (Å²) in [6.45, 7) is 5.48. The Morgan fingerprint density at radius 3 is 2.89 bits per heavy atom. The van der Waals surface area contributed by atoms with E-state index in [2.05, 4.69) is 62.0 Å². The van der Waals surface area contributed by atoms with Crippen molar-refractivity contribution in [3.63, 3.8) is 0 Å². The minimum atomic E-state index is 0. The predicted octanol–water partition coefficient (Wildman–Crippen LogP) is 3.15. The van der Waals surface area contributed by atoms with Crippen LogP contribution in [0.5, 0.6) is 0 Å². The average Bonchev–Trinajstić information content (AvgIpc) is 2.74. The summed E-state index contributed by atoms with van der Waals surface area (Å²) < 4.78 is 0.922. The summed E-state index contributed by atoms with van der Waals surface area (Å²) in [5, 5.41) is 3.28. The number of rotatable bonds is 2. The van der Waals surface area contributed by atoms with Crippen molar-refractivity contribution in [2.24, 2.45) is 4.99 Å². The molecule has 0 atom stereocenters. The minimum Gasteiger partial charge on any atom is -0.351 e. The van der Waals surface area contributed by atoms with Crippen molar-refractivity contribution >= 4 is 51.6 Å². The molecule has 1 aliphatic rings. The van der Waals surface area contributed by atoms with E-state index >= 15 is 0 Å². The molecule has 0 saturated carbocycles. The number of hydrogen-bond donors (Lipinski definition) is 1. The van der Waals surface area contributed by atoms with Gasteiger partial charge in [-0.3, -0.25) is 4.99 Å². The Bertz CT molecular complexity index is 459. The fourth-order valence-corrected chi connectivity index (χ4v) is 2.17. The largest absolute Gasteiger partial charge is 0.351 e. The molecular formula is C13H17BrIN3. The number of halogens is 2. The lowest BCUT2D eigenvalue weighted by Gasteiger charge is -2.22. The van der Waals surface area contributed by atoms with Crippen molar-refractivity contribution in [3.8, 4) is 0 Å². The second-order valence-corrected chi connectivity index (χ2v) is 5.07. The van der Waals surface area contributed by atoms with Gasteiger partial charge in [0.05, 0.1) is 0 Å². The number of aliphatic imine (C=N–C) groups is 1. The standard InChI is InChI=1S/C13H16BrN3.HI/c1-10(14)9-16-13(15-2)17-8-7-11-5-3-4-6-12(11)17;/h3-6H,1,7-9H2,2H3,(H,15,16);1H. The van der Waals surface area contributed by atoms with Crippen LogP contribution in [-0.4, -0.2) is 26.1 Å². The Balaban J connectivity index is 0.00000162. The first kappa shape index (κ1) is 15.5. The molecule has 1 aliphatic heterocycles. The molecule has 0 amide bonds. The Morgan fingerprint density at radius 2 is 2.22 bits per heavy atom. The van der Waals surface area contributed by atoms with E-state index in [4.69, 9.17) is 0 Å². The Labute approximate surface area is 134 Å². The third kappa shape index (κ3) is 3.47. The zero-order chi connectivity index (χ0) is 12.3. The summed E-state index contributed by atoms with van der Waals surface area (Å²) in [6, 6.07) is 8.46. The van der Waals surface area contributed by atoms with Crippen LogP contribution in [0.15, 0.2) is 40.3 Å². The van der Waals surface area contributed by atoms with Gasteiger partial charge in [0.1, 0.15) is 0 Å². The van der Waals surface area contributed by atoms with E-state index in [1.54, 1.807) is 7.05 Å². The van der Waals surface area contributed by atoms with Crippen LogP contribution in [-0.2, 0) is 6.42 Å². The normalized spacial score (nSPS) is 13.9. The van der Waals surface area contributed by atoms with Gasteiger partial charge in [0.25, 0.3) is 0 Å². The first-order chi connectivity index (χ1) is 8.22. The van der Waals surface area contributed by atoms with E-state index in [-0.39, 0.29) is 24.0 Å². The van der Waals surface area contributed by atoms with Gasteiger partial charge in [-0.05, 0) is 18.1 Å². The third-order valence-corrected chi connectivity index (χ3v) is 3.07. The van der Waals surface area contributed by atoms with Crippen molar-refractivity contribution < 1.29 is 0 Å². The van der Waals surface area contributed by atoms with Crippen molar-refractivity contribution in [2.75, 3.05) is 25.0 Å². The van der Waals surface area contributed by atoms with Gasteiger partial charge in [0.15, 0.2) is 5.96 Å². The number of nitrogens with one attached hydrogen (secondary N) is 1. The Morgan fingerprint density at radius 1 is 1.50 bits per heavy atom. The van der Waals surface area contributed by atoms with Gasteiger partial charge >= 0.3 is 0 Å². The second kappa shape index (κ2) is 7.13.